The second-order valence-corrected chi connectivity index (χ2v) is 5.13. The van der Waals surface area contributed by atoms with Crippen molar-refractivity contribution in [1.29, 1.82) is 0 Å². The zero-order valence-corrected chi connectivity index (χ0v) is 11.1. The monoisotopic (exact) mass is 251 g/mol. The van der Waals surface area contributed by atoms with Crippen LogP contribution in [0.5, 0.6) is 0 Å². The van der Waals surface area contributed by atoms with Gasteiger partial charge in [0.15, 0.2) is 5.79 Å². The lowest BCUT2D eigenvalue weighted by atomic mass is 10.1. The lowest BCUT2D eigenvalue weighted by Gasteiger charge is -2.17. The van der Waals surface area contributed by atoms with Gasteiger partial charge in [-0.05, 0) is 38.5 Å². The molecule has 0 spiro atoms. The van der Waals surface area contributed by atoms with E-state index in [9.17, 15) is 5.11 Å². The van der Waals surface area contributed by atoms with Gasteiger partial charge in [0, 0.05) is 12.2 Å². The number of nitrogens with one attached hydrogen (secondary N) is 1. The molecule has 0 radical (unpaired) electrons. The van der Waals surface area contributed by atoms with E-state index in [2.05, 4.69) is 5.32 Å². The molecular weight excluding hydrogens is 230 g/mol. The normalized spacial score (nSPS) is 23.9. The minimum absolute atomic E-state index is 0.0800. The second kappa shape index (κ2) is 5.26. The number of anilines is 1. The number of ether oxygens (including phenoxy) is 2. The molecule has 1 unspecified atom stereocenters. The molecule has 4 heteroatoms. The summed E-state index contributed by atoms with van der Waals surface area (Å²) in [7, 11) is 0. The third-order valence-corrected chi connectivity index (χ3v) is 2.99. The Hall–Kier alpha value is -1.10. The van der Waals surface area contributed by atoms with Gasteiger partial charge in [-0.3, -0.25) is 0 Å². The van der Waals surface area contributed by atoms with Crippen LogP contribution >= 0.6 is 0 Å². The van der Waals surface area contributed by atoms with Crippen molar-refractivity contribution in [3.63, 3.8) is 0 Å². The number of benzene rings is 1. The fourth-order valence-electron chi connectivity index (χ4n) is 1.97. The lowest BCUT2D eigenvalue weighted by molar-refractivity contribution is -0.136. The van der Waals surface area contributed by atoms with Gasteiger partial charge in [-0.25, -0.2) is 0 Å². The average molecular weight is 251 g/mol. The molecule has 0 bridgehead atoms. The molecule has 2 N–H and O–H groups in total. The highest BCUT2D eigenvalue weighted by Gasteiger charge is 2.32. The largest absolute Gasteiger partial charge is 0.389 e. The van der Waals surface area contributed by atoms with Crippen molar-refractivity contribution in [1.82, 2.24) is 0 Å². The first-order chi connectivity index (χ1) is 8.46. The first kappa shape index (κ1) is 13.3. The van der Waals surface area contributed by atoms with E-state index in [1.54, 1.807) is 6.92 Å². The molecule has 4 nitrogen and oxygen atoms in total. The minimum atomic E-state index is -0.470. The first-order valence-electron chi connectivity index (χ1n) is 6.30. The Balaban J connectivity index is 1.84. The summed E-state index contributed by atoms with van der Waals surface area (Å²) in [6.07, 6.45) is -0.345. The number of aliphatic hydroxyl groups is 1. The molecule has 0 aliphatic carbocycles. The van der Waals surface area contributed by atoms with Gasteiger partial charge in [-0.2, -0.15) is 0 Å². The van der Waals surface area contributed by atoms with Gasteiger partial charge in [0.1, 0.15) is 6.10 Å². The highest BCUT2D eigenvalue weighted by atomic mass is 16.7. The fourth-order valence-corrected chi connectivity index (χ4v) is 1.97. The van der Waals surface area contributed by atoms with E-state index in [1.165, 1.54) is 0 Å². The van der Waals surface area contributed by atoms with E-state index in [0.717, 1.165) is 17.8 Å². The predicted molar refractivity (Wildman–Crippen MR) is 70.5 cm³/mol. The van der Waals surface area contributed by atoms with E-state index in [1.807, 2.05) is 38.1 Å². The van der Waals surface area contributed by atoms with Gasteiger partial charge >= 0.3 is 0 Å². The highest BCUT2D eigenvalue weighted by molar-refractivity contribution is 5.45. The smallest absolute Gasteiger partial charge is 0.163 e. The van der Waals surface area contributed by atoms with Crippen molar-refractivity contribution in [2.75, 3.05) is 18.5 Å². The lowest BCUT2D eigenvalue weighted by Crippen LogP contribution is -2.25. The van der Waals surface area contributed by atoms with Crippen LogP contribution in [0.4, 0.5) is 5.69 Å². The predicted octanol–water partition coefficient (Wildman–Crippen LogP) is 2.30. The van der Waals surface area contributed by atoms with E-state index < -0.39 is 11.9 Å². The van der Waals surface area contributed by atoms with E-state index >= 15 is 0 Å². The van der Waals surface area contributed by atoms with Gasteiger partial charge < -0.3 is 19.9 Å². The standard InChI is InChI=1S/C14H21NO3/c1-10(16)11-4-6-12(7-5-11)15-8-13-9-17-14(2,3)18-13/h4-7,10,13,15-16H,8-9H2,1-3H3/t10-,13?/m0/s1. The molecule has 0 amide bonds. The van der Waals surface area contributed by atoms with E-state index in [-0.39, 0.29) is 6.10 Å². The Morgan fingerprint density at radius 1 is 1.39 bits per heavy atom. The summed E-state index contributed by atoms with van der Waals surface area (Å²) in [5.74, 6) is -0.470. The molecular formula is C14H21NO3. The van der Waals surface area contributed by atoms with E-state index in [4.69, 9.17) is 9.47 Å². The van der Waals surface area contributed by atoms with Crippen LogP contribution in [0, 0.1) is 0 Å². The SMILES string of the molecule is C[C@H](O)c1ccc(NCC2COC(C)(C)O2)cc1. The van der Waals surface area contributed by atoms with Gasteiger partial charge in [0.05, 0.1) is 12.7 Å². The fraction of sp³-hybridized carbons (Fsp3) is 0.571. The van der Waals surface area contributed by atoms with E-state index in [0.29, 0.717) is 6.61 Å². The minimum Gasteiger partial charge on any atom is -0.389 e. The van der Waals surface area contributed by atoms with Crippen LogP contribution in [0.2, 0.25) is 0 Å². The molecule has 0 aromatic heterocycles. The molecule has 2 atom stereocenters. The van der Waals surface area contributed by atoms with Crippen molar-refractivity contribution >= 4 is 5.69 Å². The quantitative estimate of drug-likeness (QED) is 0.862. The third kappa shape index (κ3) is 3.45. The number of hydrogen-bond acceptors (Lipinski definition) is 4. The van der Waals surface area contributed by atoms with Crippen molar-refractivity contribution in [2.45, 2.75) is 38.8 Å². The van der Waals surface area contributed by atoms with Crippen molar-refractivity contribution in [2.24, 2.45) is 0 Å². The highest BCUT2D eigenvalue weighted by Crippen LogP contribution is 2.22. The summed E-state index contributed by atoms with van der Waals surface area (Å²) in [5.41, 5.74) is 1.94. The Kier molecular flexibility index (Phi) is 3.90. The molecule has 1 aromatic rings. The van der Waals surface area contributed by atoms with Gasteiger partial charge in [0.25, 0.3) is 0 Å². The van der Waals surface area contributed by atoms with Gasteiger partial charge in [-0.1, -0.05) is 12.1 Å². The first-order valence-corrected chi connectivity index (χ1v) is 6.30. The Morgan fingerprint density at radius 3 is 2.56 bits per heavy atom. The molecule has 1 saturated heterocycles. The summed E-state index contributed by atoms with van der Waals surface area (Å²) >= 11 is 0. The summed E-state index contributed by atoms with van der Waals surface area (Å²) < 4.78 is 11.2. The van der Waals surface area contributed by atoms with Crippen LogP contribution < -0.4 is 5.32 Å². The van der Waals surface area contributed by atoms with Crippen molar-refractivity contribution in [3.05, 3.63) is 29.8 Å². The molecule has 18 heavy (non-hydrogen) atoms. The molecule has 1 aliphatic rings. The zero-order chi connectivity index (χ0) is 13.2. The topological polar surface area (TPSA) is 50.7 Å². The molecule has 1 heterocycles. The molecule has 1 aromatic carbocycles. The summed E-state index contributed by atoms with van der Waals surface area (Å²) in [4.78, 5) is 0. The molecule has 100 valence electrons. The maximum atomic E-state index is 9.42. The third-order valence-electron chi connectivity index (χ3n) is 2.99. The van der Waals surface area contributed by atoms with Crippen LogP contribution in [-0.2, 0) is 9.47 Å². The van der Waals surface area contributed by atoms with Crippen LogP contribution in [-0.4, -0.2) is 30.1 Å². The Labute approximate surface area is 108 Å². The Bertz CT molecular complexity index is 387. The van der Waals surface area contributed by atoms with Crippen LogP contribution in [0.1, 0.15) is 32.4 Å². The van der Waals surface area contributed by atoms with Gasteiger partial charge in [0.2, 0.25) is 0 Å². The second-order valence-electron chi connectivity index (χ2n) is 5.13. The summed E-state index contributed by atoms with van der Waals surface area (Å²) in [6.45, 7) is 6.94. The van der Waals surface area contributed by atoms with Crippen molar-refractivity contribution in [3.8, 4) is 0 Å². The maximum absolute atomic E-state index is 9.42. The molecule has 1 fully saturated rings. The molecule has 0 saturated carbocycles. The van der Waals surface area contributed by atoms with Gasteiger partial charge in [-0.15, -0.1) is 0 Å². The van der Waals surface area contributed by atoms with Crippen molar-refractivity contribution < 1.29 is 14.6 Å². The van der Waals surface area contributed by atoms with Crippen LogP contribution in [0.15, 0.2) is 24.3 Å². The van der Waals surface area contributed by atoms with Crippen LogP contribution in [0.25, 0.3) is 0 Å². The summed E-state index contributed by atoms with van der Waals surface area (Å²) in [5, 5.41) is 12.7. The number of aliphatic hydroxyl groups excluding tert-OH is 1. The molecule has 2 rings (SSSR count). The zero-order valence-electron chi connectivity index (χ0n) is 11.1. The average Bonchev–Trinajstić information content (AvgIpc) is 2.67. The van der Waals surface area contributed by atoms with Crippen LogP contribution in [0.3, 0.4) is 0 Å². The Morgan fingerprint density at radius 2 is 2.06 bits per heavy atom. The summed E-state index contributed by atoms with van der Waals surface area (Å²) in [6, 6.07) is 7.76. The number of hydrogen-bond donors (Lipinski definition) is 2. The molecule has 1 aliphatic heterocycles. The number of rotatable bonds is 4. The maximum Gasteiger partial charge on any atom is 0.163 e.